The Morgan fingerprint density at radius 3 is 2.25 bits per heavy atom. The zero-order valence-corrected chi connectivity index (χ0v) is 19.6. The maximum atomic E-state index is 12.8. The number of carboxylic acids is 1. The first-order valence-electron chi connectivity index (χ1n) is 11.4. The summed E-state index contributed by atoms with van der Waals surface area (Å²) in [7, 11) is 0. The van der Waals surface area contributed by atoms with Crippen LogP contribution in [0.3, 0.4) is 0 Å². The van der Waals surface area contributed by atoms with Gasteiger partial charge in [0.1, 0.15) is 0 Å². The normalized spacial score (nSPS) is 11.2. The van der Waals surface area contributed by atoms with Crippen molar-refractivity contribution >= 4 is 43.7 Å². The van der Waals surface area contributed by atoms with Crippen molar-refractivity contribution in [2.75, 3.05) is 13.2 Å². The number of ether oxygens (including phenoxy) is 2. The number of alkyl halides is 3. The Morgan fingerprint density at radius 2 is 1.67 bits per heavy atom. The minimum absolute atomic E-state index is 0. The predicted octanol–water partition coefficient (Wildman–Crippen LogP) is 3.40. The summed E-state index contributed by atoms with van der Waals surface area (Å²) in [4.78, 5) is 14.8. The first kappa shape index (κ1) is 29.9. The van der Waals surface area contributed by atoms with Gasteiger partial charge in [0.05, 0.1) is 18.8 Å². The summed E-state index contributed by atoms with van der Waals surface area (Å²) < 4.78 is 52.7. The van der Waals surface area contributed by atoms with E-state index >= 15 is 0 Å². The summed E-state index contributed by atoms with van der Waals surface area (Å²) in [6.45, 7) is 5.13. The molecular weight excluding hydrogens is 507 g/mol. The number of pyridine rings is 1. The summed E-state index contributed by atoms with van der Waals surface area (Å²) in [6, 6.07) is 2.24. The number of carboxylic acid groups (broad SMARTS) is 1. The summed E-state index contributed by atoms with van der Waals surface area (Å²) >= 11 is 0. The van der Waals surface area contributed by atoms with Crippen LogP contribution < -0.4 is 9.47 Å². The quantitative estimate of drug-likeness (QED) is 0.263. The first-order chi connectivity index (χ1) is 16.7. The number of aliphatic carboxylic acids is 1. The number of aryl methyl sites for hydroxylation is 3. The summed E-state index contributed by atoms with van der Waals surface area (Å²) in [6.07, 6.45) is 2.40. The van der Waals surface area contributed by atoms with Gasteiger partial charge in [0.25, 0.3) is 0 Å². The third-order valence-electron chi connectivity index (χ3n) is 5.11. The molecule has 3 heterocycles. The predicted molar refractivity (Wildman–Crippen MR) is 128 cm³/mol. The molecule has 0 aromatic carbocycles. The second-order valence-electron chi connectivity index (χ2n) is 7.75. The van der Waals surface area contributed by atoms with Gasteiger partial charge in [0.2, 0.25) is 11.8 Å². The summed E-state index contributed by atoms with van der Waals surface area (Å²) in [5, 5.41) is 17.7. The van der Waals surface area contributed by atoms with Gasteiger partial charge in [-0.15, -0.1) is 10.2 Å². The molecule has 0 aliphatic carbocycles. The minimum atomic E-state index is -4.45. The third kappa shape index (κ3) is 8.38. The Kier molecular flexibility index (Phi) is 11.5. The monoisotopic (exact) mass is 537 g/mol. The molecule has 9 nitrogen and oxygen atoms in total. The number of unbranched alkanes of at least 4 members (excludes halogenated alkanes) is 1. The molecule has 0 atom stereocenters. The fraction of sp³-hybridized carbons (Fsp3) is 0.478. The van der Waals surface area contributed by atoms with Gasteiger partial charge in [-0.1, -0.05) is 0 Å². The van der Waals surface area contributed by atoms with Gasteiger partial charge in [-0.3, -0.25) is 9.48 Å². The Balaban J connectivity index is 0.00000456. The number of aromatic nitrogens is 5. The van der Waals surface area contributed by atoms with Gasteiger partial charge >= 0.3 is 49.9 Å². The number of halogens is 3. The van der Waals surface area contributed by atoms with Crippen LogP contribution in [0.25, 0.3) is 5.82 Å². The van der Waals surface area contributed by atoms with E-state index in [-0.39, 0.29) is 50.0 Å². The van der Waals surface area contributed by atoms with E-state index in [2.05, 4.69) is 15.2 Å². The summed E-state index contributed by atoms with van der Waals surface area (Å²) in [5.74, 6) is 0.261. The SMILES string of the molecule is CCOc1nn(CCCCc2cn(-c3ccc(C(F)(F)F)cn3)nc2OCC)cc1CCC(=O)O.[CaH2]. The van der Waals surface area contributed by atoms with Crippen molar-refractivity contribution in [2.45, 2.75) is 58.7 Å². The van der Waals surface area contributed by atoms with Crippen molar-refractivity contribution in [1.29, 1.82) is 0 Å². The number of nitrogens with zero attached hydrogens (tertiary/aromatic N) is 5. The molecule has 13 heteroatoms. The second-order valence-corrected chi connectivity index (χ2v) is 7.75. The van der Waals surface area contributed by atoms with Gasteiger partial charge < -0.3 is 14.6 Å². The molecule has 0 bridgehead atoms. The molecule has 194 valence electrons. The Morgan fingerprint density at radius 1 is 1.00 bits per heavy atom. The number of rotatable bonds is 13. The van der Waals surface area contributed by atoms with Gasteiger partial charge in [-0.2, -0.15) is 13.2 Å². The second kappa shape index (κ2) is 13.8. The van der Waals surface area contributed by atoms with Gasteiger partial charge in [0, 0.05) is 42.7 Å². The van der Waals surface area contributed by atoms with Gasteiger partial charge in [0.15, 0.2) is 5.82 Å². The van der Waals surface area contributed by atoms with E-state index in [4.69, 9.17) is 14.6 Å². The van der Waals surface area contributed by atoms with Gasteiger partial charge in [-0.05, 0) is 51.7 Å². The van der Waals surface area contributed by atoms with Crippen LogP contribution in [0.4, 0.5) is 13.2 Å². The first-order valence-corrected chi connectivity index (χ1v) is 11.4. The fourth-order valence-electron chi connectivity index (χ4n) is 3.45. The molecule has 0 aliphatic heterocycles. The van der Waals surface area contributed by atoms with E-state index in [0.717, 1.165) is 36.2 Å². The summed E-state index contributed by atoms with van der Waals surface area (Å²) in [5.41, 5.74) is 0.764. The number of carbonyl (C=O) groups is 1. The van der Waals surface area contributed by atoms with Crippen LogP contribution in [0, 0.1) is 0 Å². The standard InChI is InChI=1S/C23H28F3N5O4.Ca.2H/c1-3-34-21-17(8-11-20(32)33)14-30(28-21)12-6-5-7-16-15-31(29-22(16)35-4-2)19-10-9-18(13-27-19)23(24,25)26;;;/h9-10,13-15H,3-8,11-12H2,1-2H3,(H,32,33);;;. The van der Waals surface area contributed by atoms with Crippen molar-refractivity contribution in [3.05, 3.63) is 47.4 Å². The fourth-order valence-corrected chi connectivity index (χ4v) is 3.45. The molecule has 0 amide bonds. The molecule has 0 saturated heterocycles. The van der Waals surface area contributed by atoms with Crippen LogP contribution in [0.2, 0.25) is 0 Å². The average molecular weight is 538 g/mol. The molecule has 0 aliphatic rings. The molecule has 0 unspecified atom stereocenters. The maximum absolute atomic E-state index is 12.8. The molecule has 3 rings (SSSR count). The zero-order valence-electron chi connectivity index (χ0n) is 19.6. The molecule has 3 aromatic rings. The Labute approximate surface area is 236 Å². The molecule has 0 saturated carbocycles. The van der Waals surface area contributed by atoms with E-state index in [1.165, 1.54) is 10.7 Å². The van der Waals surface area contributed by atoms with Crippen molar-refractivity contribution in [3.8, 4) is 17.6 Å². The van der Waals surface area contributed by atoms with Crippen molar-refractivity contribution in [2.24, 2.45) is 0 Å². The van der Waals surface area contributed by atoms with E-state index in [0.29, 0.717) is 44.4 Å². The number of hydrogen-bond acceptors (Lipinski definition) is 6. The molecule has 0 fully saturated rings. The van der Waals surface area contributed by atoms with Crippen LogP contribution in [-0.4, -0.2) is 86.6 Å². The van der Waals surface area contributed by atoms with Crippen molar-refractivity contribution in [3.63, 3.8) is 0 Å². The Bertz CT molecular complexity index is 1120. The molecule has 1 N–H and O–H groups in total. The van der Waals surface area contributed by atoms with Crippen LogP contribution in [0.1, 0.15) is 49.8 Å². The van der Waals surface area contributed by atoms with Gasteiger partial charge in [-0.25, -0.2) is 9.67 Å². The average Bonchev–Trinajstić information content (AvgIpc) is 3.39. The van der Waals surface area contributed by atoms with E-state index in [1.807, 2.05) is 20.0 Å². The number of hydrogen-bond donors (Lipinski definition) is 1. The van der Waals surface area contributed by atoms with E-state index in [1.54, 1.807) is 10.9 Å². The van der Waals surface area contributed by atoms with Crippen molar-refractivity contribution < 1.29 is 32.5 Å². The van der Waals surface area contributed by atoms with E-state index in [9.17, 15) is 18.0 Å². The van der Waals surface area contributed by atoms with Crippen LogP contribution in [0.5, 0.6) is 11.8 Å². The van der Waals surface area contributed by atoms with Crippen LogP contribution >= 0.6 is 0 Å². The molecule has 0 spiro atoms. The van der Waals surface area contributed by atoms with E-state index < -0.39 is 17.7 Å². The zero-order chi connectivity index (χ0) is 25.4. The molecule has 36 heavy (non-hydrogen) atoms. The topological polar surface area (TPSA) is 104 Å². The Hall–Kier alpha value is -2.31. The third-order valence-corrected chi connectivity index (χ3v) is 5.11. The molecule has 0 radical (unpaired) electrons. The van der Waals surface area contributed by atoms with Crippen LogP contribution in [-0.2, 0) is 30.4 Å². The molecule has 3 aromatic heterocycles. The van der Waals surface area contributed by atoms with Crippen molar-refractivity contribution in [1.82, 2.24) is 24.5 Å². The molecular formula is C23H30CaF3N5O4. The van der Waals surface area contributed by atoms with Crippen LogP contribution in [0.15, 0.2) is 30.7 Å².